The van der Waals surface area contributed by atoms with Gasteiger partial charge in [0.2, 0.25) is 0 Å². The number of alkyl halides is 1. The molecule has 16 heavy (non-hydrogen) atoms. The highest BCUT2D eigenvalue weighted by molar-refractivity contribution is 7.03. The van der Waals surface area contributed by atoms with Crippen molar-refractivity contribution in [3.8, 4) is 0 Å². The molecule has 0 aliphatic carbocycles. The van der Waals surface area contributed by atoms with Gasteiger partial charge in [-0.1, -0.05) is 4.49 Å². The molecule has 1 aromatic rings. The zero-order valence-corrected chi connectivity index (χ0v) is 10.4. The van der Waals surface area contributed by atoms with Gasteiger partial charge in [0, 0.05) is 11.9 Å². The average molecular weight is 262 g/mol. The highest BCUT2D eigenvalue weighted by Crippen LogP contribution is 2.15. The lowest BCUT2D eigenvalue weighted by Gasteiger charge is -2.36. The Balaban J connectivity index is 2.09. The summed E-state index contributed by atoms with van der Waals surface area (Å²) in [6, 6.07) is 0.0497. The number of morpholine rings is 1. The maximum absolute atomic E-state index is 12.1. The van der Waals surface area contributed by atoms with Crippen molar-refractivity contribution in [1.82, 2.24) is 14.5 Å². The summed E-state index contributed by atoms with van der Waals surface area (Å²) >= 11 is 6.91. The van der Waals surface area contributed by atoms with Gasteiger partial charge in [-0.05, 0) is 18.5 Å². The van der Waals surface area contributed by atoms with Crippen molar-refractivity contribution < 1.29 is 9.53 Å². The first kappa shape index (κ1) is 11.8. The molecule has 88 valence electrons. The number of ether oxygens (including phenoxy) is 1. The highest BCUT2D eigenvalue weighted by atomic mass is 35.5. The van der Waals surface area contributed by atoms with Gasteiger partial charge in [-0.15, -0.1) is 16.7 Å². The first-order valence-electron chi connectivity index (χ1n) is 4.98. The molecule has 0 aromatic carbocycles. The second-order valence-corrected chi connectivity index (χ2v) is 4.62. The number of hydrogen-bond acceptors (Lipinski definition) is 5. The van der Waals surface area contributed by atoms with Crippen molar-refractivity contribution in [2.24, 2.45) is 0 Å². The quantitative estimate of drug-likeness (QED) is 0.746. The molecule has 1 fully saturated rings. The van der Waals surface area contributed by atoms with Gasteiger partial charge in [0.15, 0.2) is 5.69 Å². The number of hydrogen-bond donors (Lipinski definition) is 0. The summed E-state index contributed by atoms with van der Waals surface area (Å²) in [4.78, 5) is 13.8. The Morgan fingerprint density at radius 2 is 2.62 bits per heavy atom. The van der Waals surface area contributed by atoms with Crippen molar-refractivity contribution in [3.05, 3.63) is 11.1 Å². The molecule has 0 bridgehead atoms. The van der Waals surface area contributed by atoms with Crippen molar-refractivity contribution in [2.75, 3.05) is 19.0 Å². The lowest BCUT2D eigenvalue weighted by Crippen LogP contribution is -2.51. The molecule has 1 saturated heterocycles. The number of amides is 1. The molecule has 0 saturated carbocycles. The predicted octanol–water partition coefficient (Wildman–Crippen LogP) is 1.01. The number of carbonyl (C=O) groups excluding carboxylic acids is 1. The molecule has 0 radical (unpaired) electrons. The van der Waals surface area contributed by atoms with E-state index in [1.54, 1.807) is 10.3 Å². The lowest BCUT2D eigenvalue weighted by atomic mass is 10.2. The van der Waals surface area contributed by atoms with E-state index in [-0.39, 0.29) is 18.1 Å². The third-order valence-corrected chi connectivity index (χ3v) is 3.37. The molecular weight excluding hydrogens is 250 g/mol. The van der Waals surface area contributed by atoms with Crippen molar-refractivity contribution >= 4 is 29.0 Å². The number of nitrogens with zero attached hydrogens (tertiary/aromatic N) is 3. The number of rotatable bonds is 2. The molecular formula is C9H12ClN3O2S. The van der Waals surface area contributed by atoms with Crippen LogP contribution in [0.3, 0.4) is 0 Å². The van der Waals surface area contributed by atoms with E-state index >= 15 is 0 Å². The monoisotopic (exact) mass is 261 g/mol. The maximum atomic E-state index is 12.1. The Morgan fingerprint density at radius 1 is 1.81 bits per heavy atom. The summed E-state index contributed by atoms with van der Waals surface area (Å²) in [6.07, 6.45) is -0.0894. The molecule has 7 heteroatoms. The largest absolute Gasteiger partial charge is 0.373 e. The summed E-state index contributed by atoms with van der Waals surface area (Å²) in [5.41, 5.74) is 0.395. The van der Waals surface area contributed by atoms with Crippen LogP contribution in [-0.4, -0.2) is 51.6 Å². The first-order chi connectivity index (χ1) is 7.72. The molecule has 2 heterocycles. The van der Waals surface area contributed by atoms with Crippen LogP contribution in [0.2, 0.25) is 0 Å². The molecule has 1 aliphatic rings. The fraction of sp³-hybridized carbons (Fsp3) is 0.667. The van der Waals surface area contributed by atoms with Crippen LogP contribution in [0.15, 0.2) is 5.38 Å². The molecule has 1 amide bonds. The molecule has 1 aromatic heterocycles. The van der Waals surface area contributed by atoms with Gasteiger partial charge in [-0.3, -0.25) is 4.79 Å². The number of halogens is 1. The summed E-state index contributed by atoms with van der Waals surface area (Å²) in [7, 11) is 0. The van der Waals surface area contributed by atoms with Crippen LogP contribution in [0.5, 0.6) is 0 Å². The van der Waals surface area contributed by atoms with Crippen LogP contribution >= 0.6 is 23.1 Å². The Kier molecular flexibility index (Phi) is 3.73. The smallest absolute Gasteiger partial charge is 0.275 e. The minimum atomic E-state index is -0.0975. The second kappa shape index (κ2) is 5.07. The molecule has 1 aliphatic heterocycles. The van der Waals surface area contributed by atoms with Gasteiger partial charge in [-0.2, -0.15) is 0 Å². The molecule has 2 unspecified atom stereocenters. The van der Waals surface area contributed by atoms with E-state index < -0.39 is 0 Å². The summed E-state index contributed by atoms with van der Waals surface area (Å²) in [5, 5.41) is 5.43. The molecule has 2 atom stereocenters. The Bertz CT molecular complexity index is 360. The predicted molar refractivity (Wildman–Crippen MR) is 60.9 cm³/mol. The Hall–Kier alpha value is -0.720. The standard InChI is InChI=1S/C9H12ClN3O2S/c1-6-4-15-7(2-10)3-13(6)9(14)8-5-16-12-11-8/h5-7H,2-4H2,1H3. The van der Waals surface area contributed by atoms with E-state index in [1.165, 1.54) is 11.5 Å². The minimum absolute atomic E-state index is 0.0497. The molecule has 0 spiro atoms. The van der Waals surface area contributed by atoms with Gasteiger partial charge in [0.25, 0.3) is 5.91 Å². The van der Waals surface area contributed by atoms with Crippen molar-refractivity contribution in [2.45, 2.75) is 19.1 Å². The van der Waals surface area contributed by atoms with Crippen molar-refractivity contribution in [1.29, 1.82) is 0 Å². The van der Waals surface area contributed by atoms with Crippen LogP contribution in [0, 0.1) is 0 Å². The second-order valence-electron chi connectivity index (χ2n) is 3.71. The SMILES string of the molecule is CC1COC(CCl)CN1C(=O)c1csnn1. The summed E-state index contributed by atoms with van der Waals surface area (Å²) in [6.45, 7) is 2.98. The van der Waals surface area contributed by atoms with E-state index in [4.69, 9.17) is 16.3 Å². The number of aromatic nitrogens is 2. The Labute approximate surface area is 103 Å². The van der Waals surface area contributed by atoms with Gasteiger partial charge >= 0.3 is 0 Å². The van der Waals surface area contributed by atoms with Gasteiger partial charge in [0.1, 0.15) is 0 Å². The van der Waals surface area contributed by atoms with Gasteiger partial charge in [-0.25, -0.2) is 0 Å². The number of carbonyl (C=O) groups is 1. The first-order valence-corrected chi connectivity index (χ1v) is 6.35. The molecule has 5 nitrogen and oxygen atoms in total. The minimum Gasteiger partial charge on any atom is -0.373 e. The summed E-state index contributed by atoms with van der Waals surface area (Å²) in [5.74, 6) is 0.297. The third kappa shape index (κ3) is 2.34. The van der Waals surface area contributed by atoms with Gasteiger partial charge < -0.3 is 9.64 Å². The topological polar surface area (TPSA) is 55.3 Å². The lowest BCUT2D eigenvalue weighted by molar-refractivity contribution is -0.0373. The fourth-order valence-corrected chi connectivity index (χ4v) is 2.22. The summed E-state index contributed by atoms with van der Waals surface area (Å²) < 4.78 is 9.17. The van der Waals surface area contributed by atoms with Crippen LogP contribution in [0.1, 0.15) is 17.4 Å². The van der Waals surface area contributed by atoms with Crippen molar-refractivity contribution in [3.63, 3.8) is 0 Å². The van der Waals surface area contributed by atoms with Crippen LogP contribution in [0.25, 0.3) is 0 Å². The highest BCUT2D eigenvalue weighted by Gasteiger charge is 2.30. The zero-order valence-electron chi connectivity index (χ0n) is 8.80. The zero-order chi connectivity index (χ0) is 11.5. The molecule has 2 rings (SSSR count). The van der Waals surface area contributed by atoms with E-state index in [9.17, 15) is 4.79 Å². The average Bonchev–Trinajstić information content (AvgIpc) is 2.82. The molecule has 0 N–H and O–H groups in total. The Morgan fingerprint density at radius 3 is 3.25 bits per heavy atom. The third-order valence-electron chi connectivity index (χ3n) is 2.52. The van der Waals surface area contributed by atoms with Crippen LogP contribution in [0.4, 0.5) is 0 Å². The van der Waals surface area contributed by atoms with E-state index in [0.29, 0.717) is 24.7 Å². The van der Waals surface area contributed by atoms with E-state index in [0.717, 1.165) is 0 Å². The van der Waals surface area contributed by atoms with Gasteiger partial charge in [0.05, 0.1) is 24.6 Å². The van der Waals surface area contributed by atoms with E-state index in [2.05, 4.69) is 9.59 Å². The maximum Gasteiger partial charge on any atom is 0.275 e. The van der Waals surface area contributed by atoms with Crippen LogP contribution < -0.4 is 0 Å². The fourth-order valence-electron chi connectivity index (χ4n) is 1.60. The van der Waals surface area contributed by atoms with E-state index in [1.807, 2.05) is 6.92 Å². The van der Waals surface area contributed by atoms with Crippen LogP contribution in [-0.2, 0) is 4.74 Å². The normalized spacial score (nSPS) is 25.8.